The molecule has 0 saturated carbocycles. The third-order valence-corrected chi connectivity index (χ3v) is 6.60. The summed E-state index contributed by atoms with van der Waals surface area (Å²) < 4.78 is 16.8. The Hall–Kier alpha value is -4.66. The van der Waals surface area contributed by atoms with Crippen LogP contribution in [0.4, 0.5) is 0 Å². The smallest absolute Gasteiger partial charge is 0.343 e. The van der Waals surface area contributed by atoms with E-state index >= 15 is 0 Å². The van der Waals surface area contributed by atoms with Gasteiger partial charge in [0.25, 0.3) is 5.91 Å². The van der Waals surface area contributed by atoms with Crippen LogP contribution in [0.15, 0.2) is 90.0 Å². The number of halogens is 2. The highest BCUT2D eigenvalue weighted by Crippen LogP contribution is 2.28. The number of hydrazone groups is 1. The first-order valence-corrected chi connectivity index (χ1v) is 14.0. The maximum atomic E-state index is 12.8. The Morgan fingerprint density at radius 3 is 2.00 bits per heavy atom. The fourth-order valence-electron chi connectivity index (χ4n) is 3.86. The standard InChI is InChI=1S/C33H28Cl2N2O6/c1-20(2)28-15-4-21(3)16-30(28)41-19-31(38)37-36-18-24-9-14-27(42-32(39)22-5-10-25(34)11-6-22)17-29(24)43-33(40)23-7-12-26(35)13-8-23/h4-18,20H,19H2,1-3H3,(H,37,38). The summed E-state index contributed by atoms with van der Waals surface area (Å²) in [5, 5.41) is 4.93. The van der Waals surface area contributed by atoms with Crippen molar-refractivity contribution in [2.45, 2.75) is 26.7 Å². The van der Waals surface area contributed by atoms with Crippen molar-refractivity contribution >= 4 is 47.3 Å². The Bertz CT molecular complexity index is 1650. The van der Waals surface area contributed by atoms with Gasteiger partial charge in [0.05, 0.1) is 17.3 Å². The van der Waals surface area contributed by atoms with E-state index in [0.29, 0.717) is 21.4 Å². The molecule has 8 nitrogen and oxygen atoms in total. The predicted molar refractivity (Wildman–Crippen MR) is 166 cm³/mol. The summed E-state index contributed by atoms with van der Waals surface area (Å²) in [6.45, 7) is 5.79. The van der Waals surface area contributed by atoms with E-state index in [1.165, 1.54) is 48.7 Å². The topological polar surface area (TPSA) is 103 Å². The van der Waals surface area contributed by atoms with Crippen molar-refractivity contribution in [1.82, 2.24) is 5.43 Å². The number of nitrogens with zero attached hydrogens (tertiary/aromatic N) is 1. The number of hydrogen-bond acceptors (Lipinski definition) is 7. The molecule has 1 N–H and O–H groups in total. The molecule has 220 valence electrons. The summed E-state index contributed by atoms with van der Waals surface area (Å²) in [6.07, 6.45) is 1.30. The zero-order chi connectivity index (χ0) is 30.9. The molecular formula is C33H28Cl2N2O6. The second-order valence-electron chi connectivity index (χ2n) is 9.77. The Kier molecular flexibility index (Phi) is 10.5. The average molecular weight is 620 g/mol. The highest BCUT2D eigenvalue weighted by molar-refractivity contribution is 6.31. The molecule has 10 heteroatoms. The number of rotatable bonds is 10. The molecule has 0 aromatic heterocycles. The van der Waals surface area contributed by atoms with Crippen LogP contribution in [-0.4, -0.2) is 30.7 Å². The van der Waals surface area contributed by atoms with Crippen LogP contribution in [0.3, 0.4) is 0 Å². The lowest BCUT2D eigenvalue weighted by molar-refractivity contribution is -0.123. The third-order valence-electron chi connectivity index (χ3n) is 6.10. The van der Waals surface area contributed by atoms with Gasteiger partial charge in [-0.2, -0.15) is 5.10 Å². The Labute approximate surface area is 259 Å². The Balaban J connectivity index is 1.49. The van der Waals surface area contributed by atoms with Gasteiger partial charge in [-0.05, 0) is 90.7 Å². The number of hydrogen-bond donors (Lipinski definition) is 1. The molecule has 0 aliphatic heterocycles. The lowest BCUT2D eigenvalue weighted by atomic mass is 10.0. The van der Waals surface area contributed by atoms with Gasteiger partial charge in [-0.3, -0.25) is 4.79 Å². The number of esters is 2. The number of ether oxygens (including phenoxy) is 3. The molecular weight excluding hydrogens is 591 g/mol. The molecule has 4 rings (SSSR count). The number of carbonyl (C=O) groups excluding carboxylic acids is 3. The Morgan fingerprint density at radius 1 is 0.791 bits per heavy atom. The van der Waals surface area contributed by atoms with Crippen LogP contribution in [0.25, 0.3) is 0 Å². The maximum absolute atomic E-state index is 12.8. The highest BCUT2D eigenvalue weighted by atomic mass is 35.5. The predicted octanol–water partition coefficient (Wildman–Crippen LogP) is 7.39. The Morgan fingerprint density at radius 2 is 1.40 bits per heavy atom. The average Bonchev–Trinajstić information content (AvgIpc) is 2.97. The summed E-state index contributed by atoms with van der Waals surface area (Å²) in [4.78, 5) is 37.9. The van der Waals surface area contributed by atoms with E-state index in [1.54, 1.807) is 24.3 Å². The summed E-state index contributed by atoms with van der Waals surface area (Å²) >= 11 is 11.8. The summed E-state index contributed by atoms with van der Waals surface area (Å²) in [7, 11) is 0. The van der Waals surface area contributed by atoms with E-state index in [2.05, 4.69) is 10.5 Å². The van der Waals surface area contributed by atoms with Crippen LogP contribution >= 0.6 is 23.2 Å². The lowest BCUT2D eigenvalue weighted by Gasteiger charge is -2.14. The SMILES string of the molecule is Cc1ccc(C(C)C)c(OCC(=O)NN=Cc2ccc(OC(=O)c3ccc(Cl)cc3)cc2OC(=O)c2ccc(Cl)cc2)c1. The molecule has 0 saturated heterocycles. The van der Waals surface area contributed by atoms with E-state index in [0.717, 1.165) is 11.1 Å². The summed E-state index contributed by atoms with van der Waals surface area (Å²) in [5.74, 6) is -0.780. The largest absolute Gasteiger partial charge is 0.483 e. The maximum Gasteiger partial charge on any atom is 0.343 e. The molecule has 0 heterocycles. The molecule has 4 aromatic carbocycles. The first-order chi connectivity index (χ1) is 20.6. The molecule has 0 fully saturated rings. The first-order valence-electron chi connectivity index (χ1n) is 13.2. The minimum Gasteiger partial charge on any atom is -0.483 e. The van der Waals surface area contributed by atoms with Crippen molar-refractivity contribution in [3.8, 4) is 17.2 Å². The van der Waals surface area contributed by atoms with Crippen molar-refractivity contribution in [2.75, 3.05) is 6.61 Å². The third kappa shape index (κ3) is 8.91. The zero-order valence-corrected chi connectivity index (χ0v) is 25.1. The van der Waals surface area contributed by atoms with E-state index in [9.17, 15) is 14.4 Å². The lowest BCUT2D eigenvalue weighted by Crippen LogP contribution is -2.25. The first kappa shape index (κ1) is 31.3. The fourth-order valence-corrected chi connectivity index (χ4v) is 4.11. The van der Waals surface area contributed by atoms with Crippen LogP contribution in [0.1, 0.15) is 57.2 Å². The summed E-state index contributed by atoms with van der Waals surface area (Å²) in [5.41, 5.74) is 5.28. The van der Waals surface area contributed by atoms with Crippen molar-refractivity contribution in [2.24, 2.45) is 5.10 Å². The van der Waals surface area contributed by atoms with Gasteiger partial charge in [-0.25, -0.2) is 15.0 Å². The van der Waals surface area contributed by atoms with E-state index in [4.69, 9.17) is 37.4 Å². The minimum absolute atomic E-state index is 0.0388. The minimum atomic E-state index is -0.677. The number of aryl methyl sites for hydroxylation is 1. The molecule has 0 aliphatic rings. The van der Waals surface area contributed by atoms with Crippen LogP contribution in [0, 0.1) is 6.92 Å². The second kappa shape index (κ2) is 14.5. The van der Waals surface area contributed by atoms with E-state index in [1.807, 2.05) is 39.0 Å². The number of nitrogens with one attached hydrogen (secondary N) is 1. The van der Waals surface area contributed by atoms with Crippen LogP contribution in [0.2, 0.25) is 10.0 Å². The number of benzene rings is 4. The molecule has 0 radical (unpaired) electrons. The van der Waals surface area contributed by atoms with Gasteiger partial charge >= 0.3 is 11.9 Å². The van der Waals surface area contributed by atoms with Gasteiger partial charge in [0.15, 0.2) is 6.61 Å². The van der Waals surface area contributed by atoms with Crippen molar-refractivity contribution in [3.63, 3.8) is 0 Å². The van der Waals surface area contributed by atoms with Crippen LogP contribution in [0.5, 0.6) is 17.2 Å². The quantitative estimate of drug-likeness (QED) is 0.0860. The van der Waals surface area contributed by atoms with Gasteiger partial charge in [-0.1, -0.05) is 49.2 Å². The highest BCUT2D eigenvalue weighted by Gasteiger charge is 2.16. The molecule has 0 bridgehead atoms. The van der Waals surface area contributed by atoms with Gasteiger partial charge in [-0.15, -0.1) is 0 Å². The molecule has 1 amide bonds. The number of carbonyl (C=O) groups is 3. The molecule has 0 unspecified atom stereocenters. The van der Waals surface area contributed by atoms with Gasteiger partial charge in [0.1, 0.15) is 17.2 Å². The molecule has 43 heavy (non-hydrogen) atoms. The molecule has 0 spiro atoms. The number of amides is 1. The molecule has 0 aliphatic carbocycles. The van der Waals surface area contributed by atoms with Crippen molar-refractivity contribution in [3.05, 3.63) is 123 Å². The summed E-state index contributed by atoms with van der Waals surface area (Å²) in [6, 6.07) is 22.6. The fraction of sp³-hybridized carbons (Fsp3) is 0.152. The van der Waals surface area contributed by atoms with Gasteiger partial charge in [0.2, 0.25) is 0 Å². The molecule has 0 atom stereocenters. The van der Waals surface area contributed by atoms with Crippen LogP contribution < -0.4 is 19.6 Å². The van der Waals surface area contributed by atoms with Gasteiger partial charge in [0, 0.05) is 21.7 Å². The van der Waals surface area contributed by atoms with Crippen LogP contribution in [-0.2, 0) is 4.79 Å². The molecule has 4 aromatic rings. The second-order valence-corrected chi connectivity index (χ2v) is 10.6. The van der Waals surface area contributed by atoms with E-state index < -0.39 is 17.8 Å². The van der Waals surface area contributed by atoms with Crippen molar-refractivity contribution < 1.29 is 28.6 Å². The zero-order valence-electron chi connectivity index (χ0n) is 23.6. The normalized spacial score (nSPS) is 10.9. The van der Waals surface area contributed by atoms with E-state index in [-0.39, 0.29) is 35.2 Å². The van der Waals surface area contributed by atoms with Crippen molar-refractivity contribution in [1.29, 1.82) is 0 Å². The van der Waals surface area contributed by atoms with Gasteiger partial charge < -0.3 is 14.2 Å². The monoisotopic (exact) mass is 618 g/mol.